The number of hydroxylamine groups is 1. The number of imide groups is 1. The topological polar surface area (TPSA) is 79.3 Å². The third kappa shape index (κ3) is 3.64. The molecule has 3 atom stereocenters. The van der Waals surface area contributed by atoms with Gasteiger partial charge < -0.3 is 9.84 Å². The van der Waals surface area contributed by atoms with Crippen LogP contribution in [0.25, 0.3) is 0 Å². The average molecular weight is 530 g/mol. The van der Waals surface area contributed by atoms with E-state index in [1.54, 1.807) is 65.7 Å². The third-order valence-electron chi connectivity index (χ3n) is 5.83. The number of nitrogens with zero attached hydrogens (tertiary/aromatic N) is 2. The van der Waals surface area contributed by atoms with Crippen LogP contribution in [-0.4, -0.2) is 30.1 Å². The van der Waals surface area contributed by atoms with Crippen molar-refractivity contribution in [3.8, 4) is 11.5 Å². The molecule has 2 heterocycles. The number of ether oxygens (including phenoxy) is 1. The van der Waals surface area contributed by atoms with Gasteiger partial charge in [0, 0.05) is 9.50 Å². The number of methoxy groups -OCH3 is 1. The summed E-state index contributed by atoms with van der Waals surface area (Å²) in [5.74, 6) is -1.36. The minimum absolute atomic E-state index is 0.0277. The average Bonchev–Trinajstić information content (AvgIpc) is 3.32. The number of carbonyl (C=O) groups is 2. The number of halogens is 2. The highest BCUT2D eigenvalue weighted by molar-refractivity contribution is 9.10. The summed E-state index contributed by atoms with van der Waals surface area (Å²) >= 11 is 9.42. The monoisotopic (exact) mass is 528 g/mol. The van der Waals surface area contributed by atoms with Crippen LogP contribution < -0.4 is 14.7 Å². The molecule has 168 valence electrons. The number of carbonyl (C=O) groups excluding carboxylic acids is 2. The molecule has 0 saturated carbocycles. The van der Waals surface area contributed by atoms with Gasteiger partial charge in [-0.25, -0.2) is 9.96 Å². The van der Waals surface area contributed by atoms with Gasteiger partial charge in [-0.05, 0) is 66.2 Å². The molecule has 0 spiro atoms. The number of phenols is 1. The Balaban J connectivity index is 1.60. The van der Waals surface area contributed by atoms with E-state index in [0.717, 1.165) is 4.47 Å². The van der Waals surface area contributed by atoms with Crippen molar-refractivity contribution < 1.29 is 24.3 Å². The molecule has 1 N–H and O–H groups in total. The van der Waals surface area contributed by atoms with E-state index in [1.807, 2.05) is 0 Å². The number of amides is 2. The highest BCUT2D eigenvalue weighted by Gasteiger charge is 2.60. The predicted molar refractivity (Wildman–Crippen MR) is 126 cm³/mol. The zero-order valence-electron chi connectivity index (χ0n) is 17.3. The summed E-state index contributed by atoms with van der Waals surface area (Å²) in [6, 6.07) is 18.1. The fraction of sp³-hybridized carbons (Fsp3) is 0.167. The number of benzene rings is 3. The van der Waals surface area contributed by atoms with E-state index in [4.69, 9.17) is 21.2 Å². The molecule has 2 fully saturated rings. The zero-order chi connectivity index (χ0) is 23.3. The van der Waals surface area contributed by atoms with Crippen LogP contribution in [0.1, 0.15) is 11.6 Å². The molecule has 33 heavy (non-hydrogen) atoms. The number of fused-ring (bicyclic) bond motifs is 1. The van der Waals surface area contributed by atoms with Gasteiger partial charge >= 0.3 is 0 Å². The van der Waals surface area contributed by atoms with Gasteiger partial charge in [-0.15, -0.1) is 0 Å². The molecule has 0 aromatic heterocycles. The Labute approximate surface area is 203 Å². The SMILES string of the molecule is COc1cc([C@H]2[C@H]3C(=O)N(c4ccc(Br)cc4)C(=O)[C@@H]3ON2c2ccc(Cl)cc2)ccc1O. The molecule has 9 heteroatoms. The molecule has 3 aromatic carbocycles. The first-order valence-corrected chi connectivity index (χ1v) is 11.3. The lowest BCUT2D eigenvalue weighted by molar-refractivity contribution is -0.126. The standard InChI is InChI=1S/C24H18BrClN2O5/c1-32-19-12-13(2-11-18(19)29)21-20-22(33-28(21)17-9-5-15(26)6-10-17)24(31)27(23(20)30)16-7-3-14(25)4-8-16/h2-12,20-22,29H,1H3/t20-,21+,22-/m1/s1. The van der Waals surface area contributed by atoms with Gasteiger partial charge in [0.1, 0.15) is 5.92 Å². The summed E-state index contributed by atoms with van der Waals surface area (Å²) < 4.78 is 6.11. The smallest absolute Gasteiger partial charge is 0.266 e. The first-order valence-electron chi connectivity index (χ1n) is 10.1. The molecular formula is C24H18BrClN2O5. The van der Waals surface area contributed by atoms with Gasteiger partial charge in [-0.1, -0.05) is 33.6 Å². The van der Waals surface area contributed by atoms with Crippen molar-refractivity contribution in [2.45, 2.75) is 12.1 Å². The number of phenolic OH excluding ortho intramolecular Hbond substituents is 1. The Bertz CT molecular complexity index is 1230. The van der Waals surface area contributed by atoms with Crippen LogP contribution in [0.4, 0.5) is 11.4 Å². The third-order valence-corrected chi connectivity index (χ3v) is 6.61. The molecule has 0 aliphatic carbocycles. The fourth-order valence-corrected chi connectivity index (χ4v) is 4.68. The second-order valence-electron chi connectivity index (χ2n) is 7.72. The molecule has 7 nitrogen and oxygen atoms in total. The van der Waals surface area contributed by atoms with E-state index < -0.39 is 24.0 Å². The molecule has 5 rings (SSSR count). The summed E-state index contributed by atoms with van der Waals surface area (Å²) in [6.07, 6.45) is -0.998. The number of rotatable bonds is 4. The van der Waals surface area contributed by atoms with E-state index in [-0.39, 0.29) is 17.4 Å². The van der Waals surface area contributed by atoms with Gasteiger partial charge in [-0.3, -0.25) is 14.4 Å². The zero-order valence-corrected chi connectivity index (χ0v) is 19.7. The van der Waals surface area contributed by atoms with E-state index in [2.05, 4.69) is 15.9 Å². The first kappa shape index (κ1) is 21.8. The number of hydrogen-bond donors (Lipinski definition) is 1. The first-order chi connectivity index (χ1) is 15.9. The van der Waals surface area contributed by atoms with E-state index in [9.17, 15) is 14.7 Å². The van der Waals surface area contributed by atoms with E-state index in [1.165, 1.54) is 18.1 Å². The summed E-state index contributed by atoms with van der Waals surface area (Å²) in [7, 11) is 1.45. The van der Waals surface area contributed by atoms with Crippen molar-refractivity contribution in [3.63, 3.8) is 0 Å². The van der Waals surface area contributed by atoms with Crippen molar-refractivity contribution in [1.82, 2.24) is 0 Å². The van der Waals surface area contributed by atoms with Gasteiger partial charge in [0.15, 0.2) is 17.6 Å². The second kappa shape index (κ2) is 8.37. The molecule has 2 amide bonds. The summed E-state index contributed by atoms with van der Waals surface area (Å²) in [6.45, 7) is 0. The lowest BCUT2D eigenvalue weighted by Gasteiger charge is -2.29. The maximum absolute atomic E-state index is 13.6. The fourth-order valence-electron chi connectivity index (χ4n) is 4.29. The lowest BCUT2D eigenvalue weighted by Crippen LogP contribution is -2.37. The summed E-state index contributed by atoms with van der Waals surface area (Å²) in [5.41, 5.74) is 1.78. The highest BCUT2D eigenvalue weighted by Crippen LogP contribution is 2.48. The Morgan fingerprint density at radius 3 is 2.30 bits per heavy atom. The van der Waals surface area contributed by atoms with Crippen molar-refractivity contribution in [1.29, 1.82) is 0 Å². The maximum atomic E-state index is 13.6. The van der Waals surface area contributed by atoms with Gasteiger partial charge in [0.05, 0.1) is 24.5 Å². The van der Waals surface area contributed by atoms with Crippen molar-refractivity contribution >= 4 is 50.7 Å². The molecule has 0 unspecified atom stereocenters. The molecule has 3 aromatic rings. The Kier molecular flexibility index (Phi) is 5.52. The normalized spacial score (nSPS) is 22.1. The largest absolute Gasteiger partial charge is 0.504 e. The lowest BCUT2D eigenvalue weighted by atomic mass is 9.90. The predicted octanol–water partition coefficient (Wildman–Crippen LogP) is 4.87. The van der Waals surface area contributed by atoms with Gasteiger partial charge in [0.25, 0.3) is 5.91 Å². The van der Waals surface area contributed by atoms with E-state index >= 15 is 0 Å². The van der Waals surface area contributed by atoms with Crippen LogP contribution in [0.5, 0.6) is 11.5 Å². The maximum Gasteiger partial charge on any atom is 0.266 e. The van der Waals surface area contributed by atoms with Crippen LogP contribution in [0.2, 0.25) is 5.02 Å². The van der Waals surface area contributed by atoms with Gasteiger partial charge in [0.2, 0.25) is 5.91 Å². The van der Waals surface area contributed by atoms with Crippen LogP contribution in [0, 0.1) is 5.92 Å². The van der Waals surface area contributed by atoms with Crippen LogP contribution in [0.3, 0.4) is 0 Å². The summed E-state index contributed by atoms with van der Waals surface area (Å²) in [5, 5.41) is 12.2. The Hall–Kier alpha value is -3.07. The Morgan fingerprint density at radius 2 is 1.64 bits per heavy atom. The van der Waals surface area contributed by atoms with Crippen LogP contribution >= 0.6 is 27.5 Å². The molecule has 2 aliphatic rings. The summed E-state index contributed by atoms with van der Waals surface area (Å²) in [4.78, 5) is 34.2. The molecule has 0 bridgehead atoms. The number of aromatic hydroxyl groups is 1. The minimum Gasteiger partial charge on any atom is -0.504 e. The second-order valence-corrected chi connectivity index (χ2v) is 9.07. The van der Waals surface area contributed by atoms with Crippen molar-refractivity contribution in [2.75, 3.05) is 17.1 Å². The van der Waals surface area contributed by atoms with Crippen LogP contribution in [0.15, 0.2) is 71.2 Å². The molecule has 2 saturated heterocycles. The number of hydrogen-bond acceptors (Lipinski definition) is 6. The van der Waals surface area contributed by atoms with Crippen molar-refractivity contribution in [2.24, 2.45) is 5.92 Å². The van der Waals surface area contributed by atoms with E-state index in [0.29, 0.717) is 22.0 Å². The molecular weight excluding hydrogens is 512 g/mol. The number of anilines is 2. The molecule has 2 aliphatic heterocycles. The molecule has 0 radical (unpaired) electrons. The van der Waals surface area contributed by atoms with Crippen LogP contribution in [-0.2, 0) is 14.4 Å². The van der Waals surface area contributed by atoms with Crippen molar-refractivity contribution in [3.05, 3.63) is 81.8 Å². The Morgan fingerprint density at radius 1 is 0.970 bits per heavy atom. The minimum atomic E-state index is -0.998. The highest BCUT2D eigenvalue weighted by atomic mass is 79.9. The van der Waals surface area contributed by atoms with Gasteiger partial charge in [-0.2, -0.15) is 0 Å². The quantitative estimate of drug-likeness (QED) is 0.486.